The Morgan fingerprint density at radius 3 is 3.15 bits per heavy atom. The van der Waals surface area contributed by atoms with Crippen LogP contribution in [0.5, 0.6) is 0 Å². The number of nitrogens with two attached hydrogens (primary N) is 1. The van der Waals surface area contributed by atoms with Gasteiger partial charge in [0.25, 0.3) is 0 Å². The molecule has 0 spiro atoms. The van der Waals surface area contributed by atoms with E-state index in [2.05, 4.69) is 16.6 Å². The highest BCUT2D eigenvalue weighted by Crippen LogP contribution is 2.16. The van der Waals surface area contributed by atoms with Gasteiger partial charge < -0.3 is 11.1 Å². The van der Waals surface area contributed by atoms with Crippen molar-refractivity contribution in [2.75, 3.05) is 13.1 Å². The van der Waals surface area contributed by atoms with E-state index in [0.717, 1.165) is 18.7 Å². The standard InChI is InChI=1S/C9H16N4/c1-7(10)8-4-12-13(6-8)9-2-3-11-5-9/h4,6-7,9,11H,2-3,5,10H2,1H3. The minimum Gasteiger partial charge on any atom is -0.324 e. The van der Waals surface area contributed by atoms with Crippen LogP contribution in [-0.4, -0.2) is 22.9 Å². The molecule has 0 amide bonds. The maximum Gasteiger partial charge on any atom is 0.0655 e. The first-order chi connectivity index (χ1) is 6.27. The van der Waals surface area contributed by atoms with Gasteiger partial charge in [0.1, 0.15) is 0 Å². The molecule has 0 radical (unpaired) electrons. The smallest absolute Gasteiger partial charge is 0.0655 e. The number of hydrogen-bond acceptors (Lipinski definition) is 3. The van der Waals surface area contributed by atoms with Crippen LogP contribution >= 0.6 is 0 Å². The van der Waals surface area contributed by atoms with Crippen molar-refractivity contribution in [3.63, 3.8) is 0 Å². The largest absolute Gasteiger partial charge is 0.324 e. The van der Waals surface area contributed by atoms with Gasteiger partial charge in [0.2, 0.25) is 0 Å². The van der Waals surface area contributed by atoms with E-state index in [4.69, 9.17) is 5.73 Å². The van der Waals surface area contributed by atoms with Crippen LogP contribution in [0.4, 0.5) is 0 Å². The number of aromatic nitrogens is 2. The molecule has 13 heavy (non-hydrogen) atoms. The monoisotopic (exact) mass is 180 g/mol. The third-order valence-corrected chi connectivity index (χ3v) is 2.56. The number of rotatable bonds is 2. The maximum atomic E-state index is 5.76. The van der Waals surface area contributed by atoms with Crippen molar-refractivity contribution in [2.45, 2.75) is 25.4 Å². The molecule has 4 heteroatoms. The fourth-order valence-corrected chi connectivity index (χ4v) is 1.65. The summed E-state index contributed by atoms with van der Waals surface area (Å²) in [6.07, 6.45) is 5.09. The highest BCUT2D eigenvalue weighted by molar-refractivity contribution is 5.09. The number of nitrogens with zero attached hydrogens (tertiary/aromatic N) is 2. The molecule has 1 aliphatic rings. The molecule has 1 aromatic heterocycles. The van der Waals surface area contributed by atoms with E-state index in [1.807, 2.05) is 17.8 Å². The average Bonchev–Trinajstić information content (AvgIpc) is 2.75. The summed E-state index contributed by atoms with van der Waals surface area (Å²) in [5, 5.41) is 7.63. The molecule has 1 aliphatic heterocycles. The van der Waals surface area contributed by atoms with E-state index in [0.29, 0.717) is 6.04 Å². The Morgan fingerprint density at radius 2 is 2.62 bits per heavy atom. The summed E-state index contributed by atoms with van der Waals surface area (Å²) in [4.78, 5) is 0. The third-order valence-electron chi connectivity index (χ3n) is 2.56. The Labute approximate surface area is 78.1 Å². The summed E-state index contributed by atoms with van der Waals surface area (Å²) < 4.78 is 2.03. The molecule has 2 rings (SSSR count). The topological polar surface area (TPSA) is 55.9 Å². The Kier molecular flexibility index (Phi) is 2.33. The molecule has 4 nitrogen and oxygen atoms in total. The molecule has 1 aromatic rings. The van der Waals surface area contributed by atoms with Crippen molar-refractivity contribution in [3.8, 4) is 0 Å². The zero-order valence-electron chi connectivity index (χ0n) is 7.90. The van der Waals surface area contributed by atoms with Crippen molar-refractivity contribution in [3.05, 3.63) is 18.0 Å². The van der Waals surface area contributed by atoms with Gasteiger partial charge in [-0.2, -0.15) is 5.10 Å². The second-order valence-electron chi connectivity index (χ2n) is 3.69. The van der Waals surface area contributed by atoms with E-state index >= 15 is 0 Å². The molecule has 0 aliphatic carbocycles. The van der Waals surface area contributed by atoms with Crippen molar-refractivity contribution in [1.29, 1.82) is 0 Å². The Balaban J connectivity index is 2.12. The fraction of sp³-hybridized carbons (Fsp3) is 0.667. The first-order valence-corrected chi connectivity index (χ1v) is 4.77. The van der Waals surface area contributed by atoms with E-state index < -0.39 is 0 Å². The van der Waals surface area contributed by atoms with Crippen LogP contribution in [0.15, 0.2) is 12.4 Å². The van der Waals surface area contributed by atoms with Crippen molar-refractivity contribution in [2.24, 2.45) is 5.73 Å². The van der Waals surface area contributed by atoms with E-state index in [-0.39, 0.29) is 6.04 Å². The van der Waals surface area contributed by atoms with Crippen LogP contribution in [0.3, 0.4) is 0 Å². The minimum atomic E-state index is 0.0862. The molecule has 0 bridgehead atoms. The summed E-state index contributed by atoms with van der Waals surface area (Å²) >= 11 is 0. The van der Waals surface area contributed by atoms with Gasteiger partial charge in [-0.3, -0.25) is 4.68 Å². The molecule has 1 fully saturated rings. The van der Waals surface area contributed by atoms with E-state index in [1.54, 1.807) is 0 Å². The number of hydrogen-bond donors (Lipinski definition) is 2. The van der Waals surface area contributed by atoms with Crippen molar-refractivity contribution in [1.82, 2.24) is 15.1 Å². The Hall–Kier alpha value is -0.870. The second-order valence-corrected chi connectivity index (χ2v) is 3.69. The lowest BCUT2D eigenvalue weighted by Crippen LogP contribution is -2.13. The summed E-state index contributed by atoms with van der Waals surface area (Å²) in [6, 6.07) is 0.607. The van der Waals surface area contributed by atoms with Gasteiger partial charge in [-0.25, -0.2) is 0 Å². The van der Waals surface area contributed by atoms with Gasteiger partial charge in [-0.1, -0.05) is 0 Å². The lowest BCUT2D eigenvalue weighted by atomic mass is 10.2. The molecule has 0 aromatic carbocycles. The summed E-state index contributed by atoms with van der Waals surface area (Å²) in [5.41, 5.74) is 6.87. The first kappa shape index (κ1) is 8.72. The lowest BCUT2D eigenvalue weighted by Gasteiger charge is -2.08. The Bertz CT molecular complexity index is 273. The molecule has 2 unspecified atom stereocenters. The van der Waals surface area contributed by atoms with Gasteiger partial charge >= 0.3 is 0 Å². The van der Waals surface area contributed by atoms with Crippen LogP contribution < -0.4 is 11.1 Å². The van der Waals surface area contributed by atoms with Gasteiger partial charge in [-0.15, -0.1) is 0 Å². The quantitative estimate of drug-likeness (QED) is 0.694. The predicted octanol–water partition coefficient (Wildman–Crippen LogP) is 0.437. The van der Waals surface area contributed by atoms with Gasteiger partial charge in [0.05, 0.1) is 12.2 Å². The minimum absolute atomic E-state index is 0.0862. The highest BCUT2D eigenvalue weighted by Gasteiger charge is 2.17. The highest BCUT2D eigenvalue weighted by atomic mass is 15.3. The van der Waals surface area contributed by atoms with Crippen LogP contribution in [0.25, 0.3) is 0 Å². The van der Waals surface area contributed by atoms with Crippen LogP contribution in [-0.2, 0) is 0 Å². The summed E-state index contributed by atoms with van der Waals surface area (Å²) in [7, 11) is 0. The van der Waals surface area contributed by atoms with Crippen molar-refractivity contribution >= 4 is 0 Å². The molecule has 0 saturated carbocycles. The third kappa shape index (κ3) is 1.73. The fourth-order valence-electron chi connectivity index (χ4n) is 1.65. The SMILES string of the molecule is CC(N)c1cnn(C2CCNC2)c1. The molecular formula is C9H16N4. The Morgan fingerprint density at radius 1 is 1.77 bits per heavy atom. The average molecular weight is 180 g/mol. The zero-order valence-corrected chi connectivity index (χ0v) is 7.90. The molecule has 1 saturated heterocycles. The van der Waals surface area contributed by atoms with Gasteiger partial charge in [-0.05, 0) is 19.9 Å². The van der Waals surface area contributed by atoms with Gasteiger partial charge in [0.15, 0.2) is 0 Å². The zero-order chi connectivity index (χ0) is 9.26. The molecule has 3 N–H and O–H groups in total. The van der Waals surface area contributed by atoms with Crippen molar-refractivity contribution < 1.29 is 0 Å². The molecule has 2 heterocycles. The summed E-state index contributed by atoms with van der Waals surface area (Å²) in [5.74, 6) is 0. The van der Waals surface area contributed by atoms with Crippen LogP contribution in [0.2, 0.25) is 0 Å². The van der Waals surface area contributed by atoms with Crippen LogP contribution in [0, 0.1) is 0 Å². The normalized spacial score (nSPS) is 24.9. The second kappa shape index (κ2) is 3.47. The number of nitrogens with one attached hydrogen (secondary N) is 1. The van der Waals surface area contributed by atoms with Crippen LogP contribution in [0.1, 0.15) is 31.0 Å². The summed E-state index contributed by atoms with van der Waals surface area (Å²) in [6.45, 7) is 4.10. The molecule has 2 atom stereocenters. The van der Waals surface area contributed by atoms with E-state index in [1.165, 1.54) is 6.42 Å². The first-order valence-electron chi connectivity index (χ1n) is 4.77. The predicted molar refractivity (Wildman–Crippen MR) is 51.4 cm³/mol. The van der Waals surface area contributed by atoms with Gasteiger partial charge in [0, 0.05) is 24.3 Å². The molecular weight excluding hydrogens is 164 g/mol. The molecule has 72 valence electrons. The lowest BCUT2D eigenvalue weighted by molar-refractivity contribution is 0.490. The maximum absolute atomic E-state index is 5.76. The van der Waals surface area contributed by atoms with E-state index in [9.17, 15) is 0 Å².